The van der Waals surface area contributed by atoms with E-state index in [4.69, 9.17) is 0 Å². The maximum absolute atomic E-state index is 13.3. The number of alkyl halides is 3. The fraction of sp³-hybridized carbons (Fsp3) is 0.286. The van der Waals surface area contributed by atoms with E-state index in [0.717, 1.165) is 30.0 Å². The van der Waals surface area contributed by atoms with Crippen molar-refractivity contribution in [2.24, 2.45) is 0 Å². The Labute approximate surface area is 243 Å². The van der Waals surface area contributed by atoms with Gasteiger partial charge in [0.1, 0.15) is 22.4 Å². The Morgan fingerprint density at radius 3 is 2.36 bits per heavy atom. The molecule has 2 amide bonds. The quantitative estimate of drug-likeness (QED) is 0.197. The number of aromatic nitrogens is 2. The van der Waals surface area contributed by atoms with E-state index in [2.05, 4.69) is 31.0 Å². The minimum Gasteiger partial charge on any atom is -0.406 e. The van der Waals surface area contributed by atoms with Crippen LogP contribution in [-0.2, 0) is 28.9 Å². The average molecular weight is 605 g/mol. The van der Waals surface area contributed by atoms with Crippen molar-refractivity contribution in [3.8, 4) is 5.75 Å². The molecule has 9 nitrogen and oxygen atoms in total. The van der Waals surface area contributed by atoms with E-state index in [1.54, 1.807) is 36.3 Å². The van der Waals surface area contributed by atoms with Gasteiger partial charge < -0.3 is 20.8 Å². The van der Waals surface area contributed by atoms with Gasteiger partial charge in [0.15, 0.2) is 0 Å². The van der Waals surface area contributed by atoms with Gasteiger partial charge in [-0.05, 0) is 66.8 Å². The lowest BCUT2D eigenvalue weighted by Crippen LogP contribution is -2.42. The van der Waals surface area contributed by atoms with Crippen molar-refractivity contribution >= 4 is 28.3 Å². The molecule has 0 bridgehead atoms. The monoisotopic (exact) mass is 604 g/mol. The van der Waals surface area contributed by atoms with Crippen LogP contribution in [0.2, 0.25) is 0 Å². The van der Waals surface area contributed by atoms with Crippen LogP contribution < -0.4 is 20.8 Å². The number of anilines is 1. The Kier molecular flexibility index (Phi) is 10.1. The number of carbonyl (C=O) groups is 2. The zero-order valence-corrected chi connectivity index (χ0v) is 23.3. The summed E-state index contributed by atoms with van der Waals surface area (Å²) in [5.74, 6) is -0.970. The van der Waals surface area contributed by atoms with Crippen molar-refractivity contribution in [3.05, 3.63) is 94.2 Å². The summed E-state index contributed by atoms with van der Waals surface area (Å²) in [7, 11) is 1.74. The second-order valence-electron chi connectivity index (χ2n) is 9.40. The summed E-state index contributed by atoms with van der Waals surface area (Å²) in [5, 5.41) is 16.4. The summed E-state index contributed by atoms with van der Waals surface area (Å²) in [4.78, 5) is 24.7. The predicted octanol–water partition coefficient (Wildman–Crippen LogP) is 5.00. The number of halogens is 4. The van der Waals surface area contributed by atoms with E-state index in [1.807, 2.05) is 6.08 Å². The van der Waals surface area contributed by atoms with Gasteiger partial charge in [-0.25, -0.2) is 4.39 Å². The van der Waals surface area contributed by atoms with E-state index in [0.29, 0.717) is 28.5 Å². The standard InChI is InChI=1S/C28H28F4N6O3S/c1-38-23(33-24(39)17-19-7-5-10-22(15-19)41-28(30,31)32)13-12-21(37-38)9-2-3-11-26-35-36-27(42-26)34-25(40)16-18-6-4-8-20(29)14-18/h4-8,10,12-15,37H,2-3,9,11,16-17H2,1H3,(H,33,39)(H,34,36,40). The summed E-state index contributed by atoms with van der Waals surface area (Å²) in [5.41, 5.74) is 5.08. The number of nitrogens with one attached hydrogen (secondary N) is 3. The highest BCUT2D eigenvalue weighted by Gasteiger charge is 2.31. The molecule has 14 heteroatoms. The van der Waals surface area contributed by atoms with Crippen LogP contribution in [0.1, 0.15) is 35.4 Å². The molecule has 1 aliphatic heterocycles. The van der Waals surface area contributed by atoms with E-state index < -0.39 is 18.1 Å². The molecule has 0 aliphatic carbocycles. The van der Waals surface area contributed by atoms with Crippen LogP contribution in [0.3, 0.4) is 0 Å². The number of ether oxygens (including phenoxy) is 1. The summed E-state index contributed by atoms with van der Waals surface area (Å²) < 4.78 is 54.5. The van der Waals surface area contributed by atoms with E-state index in [9.17, 15) is 27.2 Å². The molecule has 3 aromatic rings. The van der Waals surface area contributed by atoms with Crippen LogP contribution in [0.15, 0.2) is 72.2 Å². The van der Waals surface area contributed by atoms with Crippen LogP contribution in [0.4, 0.5) is 22.7 Å². The Hall–Kier alpha value is -4.46. The molecular weight excluding hydrogens is 576 g/mol. The van der Waals surface area contributed by atoms with Gasteiger partial charge in [-0.3, -0.25) is 14.6 Å². The SMILES string of the molecule is CN1NC(CCCCc2nnc(NC(=O)Cc3cccc(F)c3)s2)=CC=C1NC(=O)Cc1cccc(OC(F)(F)F)c1. The molecule has 2 aromatic carbocycles. The van der Waals surface area contributed by atoms with Crippen LogP contribution in [0.5, 0.6) is 5.75 Å². The fourth-order valence-electron chi connectivity index (χ4n) is 4.09. The number of carbonyl (C=O) groups excluding carboxylic acids is 2. The fourth-order valence-corrected chi connectivity index (χ4v) is 4.88. The molecule has 4 rings (SSSR count). The molecule has 1 aromatic heterocycles. The summed E-state index contributed by atoms with van der Waals surface area (Å²) >= 11 is 1.30. The Balaban J connectivity index is 1.18. The molecule has 2 heterocycles. The van der Waals surface area contributed by atoms with Crippen molar-refractivity contribution in [2.75, 3.05) is 12.4 Å². The number of allylic oxidation sites excluding steroid dienone is 3. The van der Waals surface area contributed by atoms with E-state index in [-0.39, 0.29) is 24.5 Å². The van der Waals surface area contributed by atoms with Gasteiger partial charge in [-0.15, -0.1) is 23.4 Å². The van der Waals surface area contributed by atoms with Gasteiger partial charge in [0.25, 0.3) is 0 Å². The third kappa shape index (κ3) is 9.87. The first-order valence-corrected chi connectivity index (χ1v) is 13.8. The largest absolute Gasteiger partial charge is 0.573 e. The molecule has 0 fully saturated rings. The number of benzene rings is 2. The lowest BCUT2D eigenvalue weighted by Gasteiger charge is -2.29. The van der Waals surface area contributed by atoms with Crippen molar-refractivity contribution in [3.63, 3.8) is 0 Å². The minimum absolute atomic E-state index is 0.0394. The molecule has 42 heavy (non-hydrogen) atoms. The molecule has 3 N–H and O–H groups in total. The summed E-state index contributed by atoms with van der Waals surface area (Å²) in [6, 6.07) is 11.2. The molecular formula is C28H28F4N6O3S. The van der Waals surface area contributed by atoms with Crippen molar-refractivity contribution in [1.82, 2.24) is 25.9 Å². The van der Waals surface area contributed by atoms with Crippen molar-refractivity contribution in [1.29, 1.82) is 0 Å². The van der Waals surface area contributed by atoms with Crippen LogP contribution in [0.25, 0.3) is 0 Å². The highest BCUT2D eigenvalue weighted by molar-refractivity contribution is 7.15. The second kappa shape index (κ2) is 13.9. The first-order chi connectivity index (χ1) is 20.0. The van der Waals surface area contributed by atoms with E-state index in [1.165, 1.54) is 41.7 Å². The lowest BCUT2D eigenvalue weighted by molar-refractivity contribution is -0.274. The Morgan fingerprint density at radius 2 is 1.64 bits per heavy atom. The highest BCUT2D eigenvalue weighted by atomic mass is 32.1. The van der Waals surface area contributed by atoms with Gasteiger partial charge in [0.2, 0.25) is 16.9 Å². The van der Waals surface area contributed by atoms with Gasteiger partial charge in [-0.2, -0.15) is 0 Å². The number of rotatable bonds is 12. The topological polar surface area (TPSA) is 108 Å². The summed E-state index contributed by atoms with van der Waals surface area (Å²) in [6.07, 6.45) is 1.81. The molecule has 0 unspecified atom stereocenters. The zero-order chi connectivity index (χ0) is 30.1. The molecule has 0 atom stereocenters. The Morgan fingerprint density at radius 1 is 0.952 bits per heavy atom. The number of aryl methyl sites for hydroxylation is 1. The van der Waals surface area contributed by atoms with Gasteiger partial charge in [0.05, 0.1) is 12.8 Å². The van der Waals surface area contributed by atoms with Gasteiger partial charge in [-0.1, -0.05) is 35.6 Å². The van der Waals surface area contributed by atoms with Crippen LogP contribution in [0, 0.1) is 5.82 Å². The van der Waals surface area contributed by atoms with Crippen molar-refractivity contribution in [2.45, 2.75) is 44.9 Å². The number of hydrazine groups is 1. The third-order valence-electron chi connectivity index (χ3n) is 5.93. The van der Waals surface area contributed by atoms with Crippen LogP contribution in [-0.4, -0.2) is 40.4 Å². The van der Waals surface area contributed by atoms with Gasteiger partial charge >= 0.3 is 6.36 Å². The molecule has 0 spiro atoms. The Bertz CT molecular complexity index is 1470. The minimum atomic E-state index is -4.81. The molecule has 222 valence electrons. The van der Waals surface area contributed by atoms with Crippen LogP contribution >= 0.6 is 11.3 Å². The third-order valence-corrected chi connectivity index (χ3v) is 6.83. The number of unbranched alkanes of at least 4 members (excludes halogenated alkanes) is 1. The lowest BCUT2D eigenvalue weighted by atomic mass is 10.1. The maximum Gasteiger partial charge on any atom is 0.573 e. The number of hydrogen-bond donors (Lipinski definition) is 3. The number of hydrogen-bond acceptors (Lipinski definition) is 8. The van der Waals surface area contributed by atoms with Gasteiger partial charge in [0, 0.05) is 19.2 Å². The zero-order valence-electron chi connectivity index (χ0n) is 22.5. The molecule has 1 aliphatic rings. The molecule has 0 saturated heterocycles. The second-order valence-corrected chi connectivity index (χ2v) is 10.5. The average Bonchev–Trinajstić information content (AvgIpc) is 3.34. The van der Waals surface area contributed by atoms with Crippen molar-refractivity contribution < 1.29 is 31.9 Å². The number of nitrogens with zero attached hydrogens (tertiary/aromatic N) is 3. The number of amides is 2. The maximum atomic E-state index is 13.3. The smallest absolute Gasteiger partial charge is 0.406 e. The highest BCUT2D eigenvalue weighted by Crippen LogP contribution is 2.24. The first kappa shape index (κ1) is 30.5. The molecule has 0 radical (unpaired) electrons. The summed E-state index contributed by atoms with van der Waals surface area (Å²) in [6.45, 7) is 0. The molecule has 0 saturated carbocycles. The first-order valence-electron chi connectivity index (χ1n) is 12.9. The predicted molar refractivity (Wildman–Crippen MR) is 148 cm³/mol. The van der Waals surface area contributed by atoms with E-state index >= 15 is 0 Å². The normalized spacial score (nSPS) is 13.1.